The molecule has 0 aromatic heterocycles. The normalized spacial score (nSPS) is 15.4. The lowest BCUT2D eigenvalue weighted by molar-refractivity contribution is -0.128. The topological polar surface area (TPSA) is 68.6 Å². The number of rotatable bonds is 6. The van der Waals surface area contributed by atoms with Gasteiger partial charge in [-0.05, 0) is 69.4 Å². The molecule has 6 heteroatoms. The lowest BCUT2D eigenvalue weighted by Gasteiger charge is -2.34. The van der Waals surface area contributed by atoms with Crippen LogP contribution in [0.3, 0.4) is 0 Å². The molecule has 1 aliphatic heterocycles. The van der Waals surface area contributed by atoms with E-state index in [1.165, 1.54) is 6.20 Å². The third-order valence-electron chi connectivity index (χ3n) is 5.12. The largest absolute Gasteiger partial charge is 0.457 e. The molecule has 6 nitrogen and oxygen atoms in total. The molecule has 1 saturated heterocycles. The molecule has 0 saturated carbocycles. The molecule has 0 spiro atoms. The number of carbonyl (C=O) groups is 1. The molecule has 1 N–H and O–H groups in total. The van der Waals surface area contributed by atoms with Crippen LogP contribution in [0.25, 0.3) is 0 Å². The lowest BCUT2D eigenvalue weighted by Crippen LogP contribution is -2.44. The highest BCUT2D eigenvalue weighted by Gasteiger charge is 2.25. The Morgan fingerprint density at radius 3 is 2.38 bits per heavy atom. The van der Waals surface area contributed by atoms with Gasteiger partial charge >= 0.3 is 0 Å². The van der Waals surface area contributed by atoms with E-state index in [1.807, 2.05) is 60.7 Å². The molecule has 1 fully saturated rings. The minimum atomic E-state index is -0.251. The van der Waals surface area contributed by atoms with Crippen molar-refractivity contribution in [2.45, 2.75) is 18.9 Å². The van der Waals surface area contributed by atoms with Gasteiger partial charge in [-0.25, -0.2) is 0 Å². The van der Waals surface area contributed by atoms with Crippen LogP contribution in [0.5, 0.6) is 11.5 Å². The Bertz CT molecular complexity index is 879. The second-order valence-corrected chi connectivity index (χ2v) is 7.20. The monoisotopic (exact) mass is 390 g/mol. The fraction of sp³-hybridized carbons (Fsp3) is 0.304. The summed E-state index contributed by atoms with van der Waals surface area (Å²) in [7, 11) is 3.86. The number of piperidine rings is 1. The van der Waals surface area contributed by atoms with E-state index in [-0.39, 0.29) is 17.5 Å². The van der Waals surface area contributed by atoms with Crippen molar-refractivity contribution in [3.63, 3.8) is 0 Å². The summed E-state index contributed by atoms with van der Waals surface area (Å²) < 4.78 is 5.76. The number of nitriles is 1. The number of hydrogen-bond acceptors (Lipinski definition) is 5. The fourth-order valence-corrected chi connectivity index (χ4v) is 3.28. The minimum absolute atomic E-state index is 0.0936. The third-order valence-corrected chi connectivity index (χ3v) is 5.12. The van der Waals surface area contributed by atoms with Gasteiger partial charge in [0.1, 0.15) is 23.1 Å². The summed E-state index contributed by atoms with van der Waals surface area (Å²) in [6.45, 7) is 1.92. The quantitative estimate of drug-likeness (QED) is 0.599. The van der Waals surface area contributed by atoms with Crippen LogP contribution >= 0.6 is 0 Å². The first kappa shape index (κ1) is 20.4. The maximum absolute atomic E-state index is 12.7. The second-order valence-electron chi connectivity index (χ2n) is 7.20. The van der Waals surface area contributed by atoms with Crippen molar-refractivity contribution >= 4 is 11.6 Å². The highest BCUT2D eigenvalue weighted by Crippen LogP contribution is 2.23. The zero-order valence-electron chi connectivity index (χ0n) is 16.8. The summed E-state index contributed by atoms with van der Waals surface area (Å²) in [6, 6.07) is 19.1. The van der Waals surface area contributed by atoms with E-state index in [4.69, 9.17) is 4.74 Å². The average molecular weight is 390 g/mol. The van der Waals surface area contributed by atoms with Crippen molar-refractivity contribution in [2.24, 2.45) is 0 Å². The van der Waals surface area contributed by atoms with Crippen molar-refractivity contribution in [1.82, 2.24) is 9.80 Å². The fourth-order valence-electron chi connectivity index (χ4n) is 3.28. The van der Waals surface area contributed by atoms with Gasteiger partial charge in [0.05, 0.1) is 0 Å². The molecule has 1 heterocycles. The number of benzene rings is 2. The van der Waals surface area contributed by atoms with Gasteiger partial charge in [-0.3, -0.25) is 4.79 Å². The predicted molar refractivity (Wildman–Crippen MR) is 114 cm³/mol. The van der Waals surface area contributed by atoms with Crippen LogP contribution in [0.4, 0.5) is 5.69 Å². The zero-order chi connectivity index (χ0) is 20.6. The van der Waals surface area contributed by atoms with E-state index in [9.17, 15) is 10.1 Å². The molecule has 0 aliphatic carbocycles. The third kappa shape index (κ3) is 5.59. The number of anilines is 1. The van der Waals surface area contributed by atoms with Crippen LogP contribution in [-0.4, -0.2) is 48.9 Å². The van der Waals surface area contributed by atoms with Crippen LogP contribution in [0.1, 0.15) is 12.8 Å². The molecule has 0 unspecified atom stereocenters. The van der Waals surface area contributed by atoms with Crippen LogP contribution in [0.15, 0.2) is 66.4 Å². The van der Waals surface area contributed by atoms with E-state index in [0.717, 1.165) is 37.4 Å². The summed E-state index contributed by atoms with van der Waals surface area (Å²) in [5.74, 6) is 1.23. The Kier molecular flexibility index (Phi) is 6.88. The van der Waals surface area contributed by atoms with E-state index in [1.54, 1.807) is 11.9 Å². The number of likely N-dealkylation sites (tertiary alicyclic amines) is 1. The van der Waals surface area contributed by atoms with Gasteiger partial charge in [0.2, 0.25) is 0 Å². The number of likely N-dealkylation sites (N-methyl/N-ethyl adjacent to an activating group) is 1. The molecule has 0 atom stereocenters. The Labute approximate surface area is 172 Å². The molecular formula is C23H26N4O2. The molecule has 0 bridgehead atoms. The zero-order valence-corrected chi connectivity index (χ0v) is 16.8. The molecule has 2 aromatic carbocycles. The Morgan fingerprint density at radius 1 is 1.14 bits per heavy atom. The molecule has 150 valence electrons. The van der Waals surface area contributed by atoms with Crippen molar-refractivity contribution in [1.29, 1.82) is 5.26 Å². The molecule has 1 amide bonds. The SMILES string of the molecule is CN1CCC(N(C)C(=O)/C(C#N)=C\Nc2ccc(Oc3ccccc3)cc2)CC1. The maximum atomic E-state index is 12.7. The summed E-state index contributed by atoms with van der Waals surface area (Å²) in [4.78, 5) is 16.6. The molecule has 1 aliphatic rings. The second kappa shape index (κ2) is 9.76. The molecule has 2 aromatic rings. The molecule has 3 rings (SSSR count). The van der Waals surface area contributed by atoms with Gasteiger partial charge in [-0.2, -0.15) is 5.26 Å². The number of para-hydroxylation sites is 1. The Balaban J connectivity index is 1.59. The molecule has 0 radical (unpaired) electrons. The predicted octanol–water partition coefficient (Wildman–Crippen LogP) is 3.85. The van der Waals surface area contributed by atoms with Crippen LogP contribution in [0.2, 0.25) is 0 Å². The molecular weight excluding hydrogens is 364 g/mol. The first-order chi connectivity index (χ1) is 14.1. The van der Waals surface area contributed by atoms with Gasteiger partial charge in [0, 0.05) is 25.0 Å². The van der Waals surface area contributed by atoms with Crippen LogP contribution in [-0.2, 0) is 4.79 Å². The Morgan fingerprint density at radius 2 is 1.76 bits per heavy atom. The van der Waals surface area contributed by atoms with Crippen molar-refractivity contribution in [3.05, 3.63) is 66.4 Å². The Hall–Kier alpha value is -3.30. The van der Waals surface area contributed by atoms with Crippen molar-refractivity contribution in [2.75, 3.05) is 32.5 Å². The van der Waals surface area contributed by atoms with Gasteiger partial charge in [-0.15, -0.1) is 0 Å². The van der Waals surface area contributed by atoms with E-state index >= 15 is 0 Å². The van der Waals surface area contributed by atoms with E-state index in [2.05, 4.69) is 17.3 Å². The highest BCUT2D eigenvalue weighted by atomic mass is 16.5. The van der Waals surface area contributed by atoms with E-state index in [0.29, 0.717) is 5.75 Å². The first-order valence-electron chi connectivity index (χ1n) is 9.72. The number of nitrogens with one attached hydrogen (secondary N) is 1. The first-order valence-corrected chi connectivity index (χ1v) is 9.72. The van der Waals surface area contributed by atoms with Gasteiger partial charge in [-0.1, -0.05) is 18.2 Å². The summed E-state index contributed by atoms with van der Waals surface area (Å²) >= 11 is 0. The number of ether oxygens (including phenoxy) is 1. The summed E-state index contributed by atoms with van der Waals surface area (Å²) in [6.07, 6.45) is 3.32. The van der Waals surface area contributed by atoms with Crippen LogP contribution in [0, 0.1) is 11.3 Å². The van der Waals surface area contributed by atoms with Gasteiger partial charge in [0.25, 0.3) is 5.91 Å². The summed E-state index contributed by atoms with van der Waals surface area (Å²) in [5, 5.41) is 12.5. The van der Waals surface area contributed by atoms with E-state index < -0.39 is 0 Å². The number of amides is 1. The number of carbonyl (C=O) groups excluding carboxylic acids is 1. The van der Waals surface area contributed by atoms with Crippen molar-refractivity contribution in [3.8, 4) is 17.6 Å². The summed E-state index contributed by atoms with van der Waals surface area (Å²) in [5.41, 5.74) is 0.865. The standard InChI is InChI=1S/C23H26N4O2/c1-26-14-12-20(13-15-26)27(2)23(28)18(16-24)17-25-19-8-10-22(11-9-19)29-21-6-4-3-5-7-21/h3-11,17,20,25H,12-15H2,1-2H3/b18-17-. The highest BCUT2D eigenvalue weighted by molar-refractivity contribution is 5.97. The number of hydrogen-bond donors (Lipinski definition) is 1. The van der Waals surface area contributed by atoms with Gasteiger partial charge in [0.15, 0.2) is 0 Å². The number of nitrogens with zero attached hydrogens (tertiary/aromatic N) is 3. The van der Waals surface area contributed by atoms with Gasteiger partial charge < -0.3 is 19.9 Å². The van der Waals surface area contributed by atoms with Crippen molar-refractivity contribution < 1.29 is 9.53 Å². The maximum Gasteiger partial charge on any atom is 0.266 e. The van der Waals surface area contributed by atoms with Crippen LogP contribution < -0.4 is 10.1 Å². The lowest BCUT2D eigenvalue weighted by atomic mass is 10.0. The minimum Gasteiger partial charge on any atom is -0.457 e. The smallest absolute Gasteiger partial charge is 0.266 e. The average Bonchev–Trinajstić information content (AvgIpc) is 2.76. The molecule has 29 heavy (non-hydrogen) atoms.